The quantitative estimate of drug-likeness (QED) is 0.133. The first kappa shape index (κ1) is 28.8. The number of rotatable bonds is 15. The summed E-state index contributed by atoms with van der Waals surface area (Å²) in [5.41, 5.74) is 0.713. The molecule has 2 aromatic carbocycles. The van der Waals surface area contributed by atoms with E-state index in [9.17, 15) is 8.42 Å². The van der Waals surface area contributed by atoms with E-state index in [1.54, 1.807) is 31.4 Å². The van der Waals surface area contributed by atoms with Crippen LogP contribution in [0.3, 0.4) is 0 Å². The molecule has 1 aromatic heterocycles. The van der Waals surface area contributed by atoms with Gasteiger partial charge in [0.05, 0.1) is 0 Å². The molecule has 0 spiro atoms. The summed E-state index contributed by atoms with van der Waals surface area (Å²) in [6.45, 7) is 6.75. The summed E-state index contributed by atoms with van der Waals surface area (Å²) in [6, 6.07) is 16.3. The first-order valence-electron chi connectivity index (χ1n) is 13.5. The maximum absolute atomic E-state index is 14.0. The SMILES string of the molecule is CCCC[CH2][Sn]([CH2]CCC)([CH2]CCC)[c]1cn(S(=O)(=O)c2ccccc2)c(-c2ccccc2OC)n1. The van der Waals surface area contributed by atoms with Crippen LogP contribution in [0.5, 0.6) is 5.75 Å². The topological polar surface area (TPSA) is 61.2 Å². The number of nitrogens with zero attached hydrogens (tertiary/aromatic N) is 2. The van der Waals surface area contributed by atoms with Crippen molar-refractivity contribution < 1.29 is 13.2 Å². The Balaban J connectivity index is 2.27. The van der Waals surface area contributed by atoms with Crippen LogP contribution < -0.4 is 8.45 Å². The number of methoxy groups -OCH3 is 1. The third-order valence-corrected chi connectivity index (χ3v) is 23.8. The van der Waals surface area contributed by atoms with Crippen molar-refractivity contribution >= 4 is 32.1 Å². The zero-order valence-corrected chi connectivity index (χ0v) is 26.0. The predicted octanol–water partition coefficient (Wildman–Crippen LogP) is 7.24. The molecule has 0 aliphatic rings. The molecule has 3 aromatic rings. The molecule has 36 heavy (non-hydrogen) atoms. The molecule has 1 heterocycles. The van der Waals surface area contributed by atoms with E-state index in [-0.39, 0.29) is 4.90 Å². The van der Waals surface area contributed by atoms with Gasteiger partial charge in [0, 0.05) is 0 Å². The Morgan fingerprint density at radius 2 is 1.39 bits per heavy atom. The van der Waals surface area contributed by atoms with E-state index in [4.69, 9.17) is 9.72 Å². The van der Waals surface area contributed by atoms with E-state index in [0.29, 0.717) is 17.1 Å². The second kappa shape index (κ2) is 13.7. The Labute approximate surface area is 222 Å². The molecule has 0 radical (unpaired) electrons. The van der Waals surface area contributed by atoms with Crippen LogP contribution in [0.25, 0.3) is 11.4 Å². The van der Waals surface area contributed by atoms with Gasteiger partial charge >= 0.3 is 223 Å². The van der Waals surface area contributed by atoms with Gasteiger partial charge < -0.3 is 0 Å². The molecule has 0 saturated carbocycles. The van der Waals surface area contributed by atoms with Gasteiger partial charge in [-0.05, 0) is 0 Å². The predicted molar refractivity (Wildman–Crippen MR) is 152 cm³/mol. The van der Waals surface area contributed by atoms with E-state index in [1.165, 1.54) is 49.4 Å². The number of ether oxygens (including phenoxy) is 1. The van der Waals surface area contributed by atoms with Gasteiger partial charge in [-0.1, -0.05) is 0 Å². The minimum absolute atomic E-state index is 0.277. The van der Waals surface area contributed by atoms with Gasteiger partial charge in [0.2, 0.25) is 0 Å². The minimum atomic E-state index is -3.82. The molecule has 0 N–H and O–H groups in total. The summed E-state index contributed by atoms with van der Waals surface area (Å²) >= 11 is -3.01. The first-order valence-corrected chi connectivity index (χ1v) is 22.4. The Morgan fingerprint density at radius 3 is 2.00 bits per heavy atom. The molecule has 0 atom stereocenters. The van der Waals surface area contributed by atoms with Gasteiger partial charge in [0.1, 0.15) is 0 Å². The molecule has 196 valence electrons. The van der Waals surface area contributed by atoms with Crippen LogP contribution >= 0.6 is 0 Å². The number of aromatic nitrogens is 2. The zero-order valence-electron chi connectivity index (χ0n) is 22.4. The molecule has 0 unspecified atom stereocenters. The van der Waals surface area contributed by atoms with Crippen molar-refractivity contribution in [3.8, 4) is 17.1 Å². The van der Waals surface area contributed by atoms with E-state index in [1.807, 2.05) is 36.5 Å². The molecular formula is C29H42N2O3SSn. The number of unbranched alkanes of at least 4 members (excludes halogenated alkanes) is 4. The maximum atomic E-state index is 14.0. The summed E-state index contributed by atoms with van der Waals surface area (Å²) in [6.07, 6.45) is 10.2. The van der Waals surface area contributed by atoms with Gasteiger partial charge in [-0.3, -0.25) is 0 Å². The summed E-state index contributed by atoms with van der Waals surface area (Å²) < 4.78 is 39.8. The van der Waals surface area contributed by atoms with Crippen molar-refractivity contribution in [2.24, 2.45) is 0 Å². The van der Waals surface area contributed by atoms with Gasteiger partial charge in [0.15, 0.2) is 0 Å². The van der Waals surface area contributed by atoms with E-state index >= 15 is 0 Å². The fourth-order valence-corrected chi connectivity index (χ4v) is 21.6. The Bertz CT molecular complexity index is 1180. The van der Waals surface area contributed by atoms with Gasteiger partial charge in [-0.2, -0.15) is 0 Å². The number of imidazole rings is 1. The van der Waals surface area contributed by atoms with E-state index in [2.05, 4.69) is 20.8 Å². The van der Waals surface area contributed by atoms with Gasteiger partial charge in [-0.25, -0.2) is 0 Å². The monoisotopic (exact) mass is 618 g/mol. The average Bonchev–Trinajstić information content (AvgIpc) is 3.37. The molecule has 0 fully saturated rings. The van der Waals surface area contributed by atoms with Crippen LogP contribution in [0.15, 0.2) is 65.7 Å². The molecule has 0 bridgehead atoms. The Morgan fingerprint density at radius 1 is 0.806 bits per heavy atom. The number of benzene rings is 2. The average molecular weight is 617 g/mol. The van der Waals surface area contributed by atoms with Crippen molar-refractivity contribution in [3.63, 3.8) is 0 Å². The number of hydrogen-bond donors (Lipinski definition) is 0. The molecule has 0 aliphatic carbocycles. The third-order valence-electron chi connectivity index (χ3n) is 7.14. The van der Waals surface area contributed by atoms with Crippen LogP contribution in [0.1, 0.15) is 65.7 Å². The molecule has 0 aliphatic heterocycles. The van der Waals surface area contributed by atoms with E-state index < -0.39 is 28.4 Å². The molecule has 7 heteroatoms. The zero-order chi connectivity index (χ0) is 26.0. The summed E-state index contributed by atoms with van der Waals surface area (Å²) in [5, 5.41) is 0. The fourth-order valence-electron chi connectivity index (χ4n) is 5.02. The van der Waals surface area contributed by atoms with Crippen LogP contribution in [0, 0.1) is 0 Å². The molecule has 0 amide bonds. The molecule has 5 nitrogen and oxygen atoms in total. The third kappa shape index (κ3) is 6.55. The van der Waals surface area contributed by atoms with Crippen molar-refractivity contribution in [2.45, 2.75) is 83.9 Å². The summed E-state index contributed by atoms with van der Waals surface area (Å²) in [7, 11) is -2.20. The molecule has 3 rings (SSSR count). The van der Waals surface area contributed by atoms with Crippen molar-refractivity contribution in [1.29, 1.82) is 0 Å². The molecular weight excluding hydrogens is 575 g/mol. The van der Waals surface area contributed by atoms with Crippen LogP contribution in [0.4, 0.5) is 0 Å². The fraction of sp³-hybridized carbons (Fsp3) is 0.483. The van der Waals surface area contributed by atoms with Crippen molar-refractivity contribution in [3.05, 3.63) is 60.8 Å². The van der Waals surface area contributed by atoms with Crippen molar-refractivity contribution in [1.82, 2.24) is 8.96 Å². The van der Waals surface area contributed by atoms with Gasteiger partial charge in [0.25, 0.3) is 0 Å². The van der Waals surface area contributed by atoms with Crippen molar-refractivity contribution in [2.75, 3.05) is 7.11 Å². The second-order valence-corrected chi connectivity index (χ2v) is 24.6. The second-order valence-electron chi connectivity index (χ2n) is 9.71. The van der Waals surface area contributed by atoms with Crippen LogP contribution in [-0.4, -0.2) is 42.9 Å². The number of hydrogen-bond acceptors (Lipinski definition) is 4. The normalized spacial score (nSPS) is 12.1. The number of para-hydroxylation sites is 1. The summed E-state index contributed by atoms with van der Waals surface area (Å²) in [5.74, 6) is 1.10. The van der Waals surface area contributed by atoms with Gasteiger partial charge in [-0.15, -0.1) is 0 Å². The first-order chi connectivity index (χ1) is 17.4. The Kier molecular flexibility index (Phi) is 10.9. The van der Waals surface area contributed by atoms with Crippen LogP contribution in [0.2, 0.25) is 13.3 Å². The summed E-state index contributed by atoms with van der Waals surface area (Å²) in [4.78, 5) is 5.51. The Hall–Kier alpha value is -1.80. The van der Waals surface area contributed by atoms with E-state index in [0.717, 1.165) is 16.6 Å². The molecule has 0 saturated heterocycles. The standard InChI is InChI=1S/C16H13N2O3S.C5H11.2C4H9.Sn/c1-21-15-10-6-5-9-14(15)16-17-11-12-18(16)22(19,20)13-7-3-2-4-8-13;1-3-5-4-2;2*1-3-4-2;/h2-10,12H,1H3;1,3-5H2,2H3;2*1,3-4H2,2H3;. The van der Waals surface area contributed by atoms with Crippen LogP contribution in [-0.2, 0) is 10.0 Å².